The second kappa shape index (κ2) is 17.4. The van der Waals surface area contributed by atoms with Gasteiger partial charge in [0.1, 0.15) is 0 Å². The molecule has 0 aromatic carbocycles. The molecule has 25 heavy (non-hydrogen) atoms. The van der Waals surface area contributed by atoms with E-state index in [4.69, 9.17) is 4.74 Å². The van der Waals surface area contributed by atoms with Crippen molar-refractivity contribution in [2.45, 2.75) is 144 Å². The van der Waals surface area contributed by atoms with E-state index >= 15 is 0 Å². The van der Waals surface area contributed by atoms with Gasteiger partial charge in [0.05, 0.1) is 12.2 Å². The average molecular weight is 355 g/mol. The summed E-state index contributed by atoms with van der Waals surface area (Å²) in [5, 5.41) is 0. The summed E-state index contributed by atoms with van der Waals surface area (Å²) in [4.78, 5) is 0. The Morgan fingerprint density at radius 2 is 0.880 bits per heavy atom. The molecular weight excluding hydrogens is 304 g/mol. The molecule has 0 N–H and O–H groups in total. The van der Waals surface area contributed by atoms with Crippen LogP contribution in [0.15, 0.2) is 0 Å². The van der Waals surface area contributed by atoms with Crippen LogP contribution >= 0.6 is 0 Å². The summed E-state index contributed by atoms with van der Waals surface area (Å²) < 4.78 is 6.69. The highest BCUT2D eigenvalue weighted by Crippen LogP contribution is 2.23. The maximum Gasteiger partial charge on any atom is 0.0581 e. The summed E-state index contributed by atoms with van der Waals surface area (Å²) >= 11 is 0. The summed E-state index contributed by atoms with van der Waals surface area (Å²) in [7, 11) is 0. The highest BCUT2D eigenvalue weighted by molar-refractivity contribution is 4.68. The molecule has 1 heteroatoms. The third-order valence-corrected chi connectivity index (χ3v) is 5.11. The van der Waals surface area contributed by atoms with E-state index in [2.05, 4.69) is 41.5 Å². The molecule has 0 aliphatic carbocycles. The van der Waals surface area contributed by atoms with Gasteiger partial charge >= 0.3 is 0 Å². The number of unbranched alkanes of at least 4 members (excludes halogenated alkanes) is 8. The normalized spacial score (nSPS) is 14.4. The van der Waals surface area contributed by atoms with Gasteiger partial charge in [-0.1, -0.05) is 106 Å². The summed E-state index contributed by atoms with van der Waals surface area (Å²) in [5.41, 5.74) is 0. The van der Waals surface area contributed by atoms with Crippen molar-refractivity contribution < 1.29 is 4.74 Å². The van der Waals surface area contributed by atoms with Gasteiger partial charge in [0.2, 0.25) is 0 Å². The molecule has 0 aromatic heterocycles. The van der Waals surface area contributed by atoms with Crippen molar-refractivity contribution in [2.24, 2.45) is 11.8 Å². The van der Waals surface area contributed by atoms with Gasteiger partial charge in [-0.15, -0.1) is 0 Å². The lowest BCUT2D eigenvalue weighted by molar-refractivity contribution is -0.0406. The molecule has 0 rings (SSSR count). The van der Waals surface area contributed by atoms with Crippen molar-refractivity contribution in [3.8, 4) is 0 Å². The van der Waals surface area contributed by atoms with Crippen molar-refractivity contribution in [1.82, 2.24) is 0 Å². The summed E-state index contributed by atoms with van der Waals surface area (Å²) in [6.07, 6.45) is 19.7. The van der Waals surface area contributed by atoms with Crippen molar-refractivity contribution >= 4 is 0 Å². The zero-order valence-electron chi connectivity index (χ0n) is 18.6. The predicted octanol–water partition coefficient (Wildman–Crippen LogP) is 8.55. The second-order valence-corrected chi connectivity index (χ2v) is 9.04. The van der Waals surface area contributed by atoms with Gasteiger partial charge in [0.15, 0.2) is 0 Å². The minimum Gasteiger partial charge on any atom is -0.375 e. The number of ether oxygens (including phenoxy) is 1. The van der Waals surface area contributed by atoms with E-state index in [1.807, 2.05) is 0 Å². The molecule has 0 aromatic rings. The fourth-order valence-corrected chi connectivity index (χ4v) is 3.76. The molecule has 0 radical (unpaired) electrons. The predicted molar refractivity (Wildman–Crippen MR) is 114 cm³/mol. The Kier molecular flexibility index (Phi) is 17.3. The molecule has 152 valence electrons. The lowest BCUT2D eigenvalue weighted by Gasteiger charge is -2.27. The third kappa shape index (κ3) is 17.1. The van der Waals surface area contributed by atoms with E-state index in [9.17, 15) is 0 Å². The molecule has 1 nitrogen and oxygen atoms in total. The van der Waals surface area contributed by atoms with E-state index in [1.165, 1.54) is 89.9 Å². The van der Waals surface area contributed by atoms with Gasteiger partial charge in [-0.2, -0.15) is 0 Å². The van der Waals surface area contributed by atoms with Crippen LogP contribution in [-0.2, 0) is 4.74 Å². The fourth-order valence-electron chi connectivity index (χ4n) is 3.76. The molecule has 0 saturated carbocycles. The van der Waals surface area contributed by atoms with Crippen LogP contribution in [0.2, 0.25) is 0 Å². The standard InChI is InChI=1S/C24H50O/c1-7-9-11-13-15-17-23(19-21(3)4)25-24(20-22(5)6)18-16-14-12-10-8-2/h21-24H,7-20H2,1-6H3/t23-,24-/m1/s1. The van der Waals surface area contributed by atoms with Gasteiger partial charge in [0, 0.05) is 0 Å². The first kappa shape index (κ1) is 25.0. The maximum atomic E-state index is 6.69. The monoisotopic (exact) mass is 354 g/mol. The zero-order chi connectivity index (χ0) is 18.9. The molecule has 0 saturated heterocycles. The molecular formula is C24H50O. The molecule has 0 unspecified atom stereocenters. The maximum absolute atomic E-state index is 6.69. The Balaban J connectivity index is 4.33. The van der Waals surface area contributed by atoms with Gasteiger partial charge in [0.25, 0.3) is 0 Å². The Morgan fingerprint density at radius 3 is 1.20 bits per heavy atom. The van der Waals surface area contributed by atoms with Crippen molar-refractivity contribution in [3.63, 3.8) is 0 Å². The lowest BCUT2D eigenvalue weighted by Crippen LogP contribution is -2.25. The Hall–Kier alpha value is -0.0400. The fraction of sp³-hybridized carbons (Fsp3) is 1.00. The van der Waals surface area contributed by atoms with Crippen molar-refractivity contribution in [1.29, 1.82) is 0 Å². The molecule has 0 bridgehead atoms. The van der Waals surface area contributed by atoms with E-state index in [0.717, 1.165) is 11.8 Å². The molecule has 0 spiro atoms. The van der Waals surface area contributed by atoms with Crippen LogP contribution in [0.4, 0.5) is 0 Å². The van der Waals surface area contributed by atoms with Crippen LogP contribution in [0.1, 0.15) is 131 Å². The zero-order valence-corrected chi connectivity index (χ0v) is 18.6. The minimum absolute atomic E-state index is 0.487. The largest absolute Gasteiger partial charge is 0.375 e. The third-order valence-electron chi connectivity index (χ3n) is 5.11. The van der Waals surface area contributed by atoms with Gasteiger partial charge < -0.3 is 4.74 Å². The molecule has 0 heterocycles. The minimum atomic E-state index is 0.487. The first-order valence-corrected chi connectivity index (χ1v) is 11.6. The molecule has 2 atom stereocenters. The Morgan fingerprint density at radius 1 is 0.520 bits per heavy atom. The highest BCUT2D eigenvalue weighted by Gasteiger charge is 2.18. The Labute approximate surface area is 160 Å². The SMILES string of the molecule is CCCCCCC[C@H](CC(C)C)O[C@H](CCCCCCC)CC(C)C. The van der Waals surface area contributed by atoms with E-state index in [0.29, 0.717) is 12.2 Å². The quantitative estimate of drug-likeness (QED) is 0.224. The van der Waals surface area contributed by atoms with Crippen molar-refractivity contribution in [3.05, 3.63) is 0 Å². The van der Waals surface area contributed by atoms with Crippen LogP contribution in [-0.4, -0.2) is 12.2 Å². The molecule has 0 aliphatic rings. The Bertz CT molecular complexity index is 233. The van der Waals surface area contributed by atoms with Crippen molar-refractivity contribution in [2.75, 3.05) is 0 Å². The molecule has 0 fully saturated rings. The van der Waals surface area contributed by atoms with Crippen LogP contribution in [0.25, 0.3) is 0 Å². The smallest absolute Gasteiger partial charge is 0.0581 e. The second-order valence-electron chi connectivity index (χ2n) is 9.04. The van der Waals surface area contributed by atoms with Gasteiger partial charge in [-0.25, -0.2) is 0 Å². The first-order valence-electron chi connectivity index (χ1n) is 11.6. The van der Waals surface area contributed by atoms with Gasteiger partial charge in [-0.05, 0) is 37.5 Å². The summed E-state index contributed by atoms with van der Waals surface area (Å²) in [5.74, 6) is 1.48. The highest BCUT2D eigenvalue weighted by atomic mass is 16.5. The number of hydrogen-bond donors (Lipinski definition) is 0. The molecule has 0 amide bonds. The van der Waals surface area contributed by atoms with E-state index in [1.54, 1.807) is 0 Å². The number of hydrogen-bond acceptors (Lipinski definition) is 1. The van der Waals surface area contributed by atoms with Gasteiger partial charge in [-0.3, -0.25) is 0 Å². The number of rotatable bonds is 18. The van der Waals surface area contributed by atoms with Crippen LogP contribution in [0, 0.1) is 11.8 Å². The van der Waals surface area contributed by atoms with Crippen LogP contribution in [0.3, 0.4) is 0 Å². The summed E-state index contributed by atoms with van der Waals surface area (Å²) in [6.45, 7) is 14.0. The first-order chi connectivity index (χ1) is 12.0. The average Bonchev–Trinajstić information content (AvgIpc) is 2.53. The lowest BCUT2D eigenvalue weighted by atomic mass is 9.97. The topological polar surface area (TPSA) is 9.23 Å². The molecule has 0 aliphatic heterocycles. The van der Waals surface area contributed by atoms with E-state index < -0.39 is 0 Å². The summed E-state index contributed by atoms with van der Waals surface area (Å²) in [6, 6.07) is 0. The van der Waals surface area contributed by atoms with Crippen LogP contribution in [0.5, 0.6) is 0 Å². The van der Waals surface area contributed by atoms with E-state index in [-0.39, 0.29) is 0 Å². The van der Waals surface area contributed by atoms with Crippen LogP contribution < -0.4 is 0 Å².